The minimum absolute atomic E-state index is 0.450. The Balaban J connectivity index is 2.46. The zero-order valence-electron chi connectivity index (χ0n) is 8.21. The van der Waals surface area contributed by atoms with Crippen LogP contribution in [0.15, 0.2) is 18.2 Å². The number of alkyl halides is 3. The van der Waals surface area contributed by atoms with Gasteiger partial charge in [0, 0.05) is 6.42 Å². The van der Waals surface area contributed by atoms with E-state index in [9.17, 15) is 13.2 Å². The Morgan fingerprint density at radius 2 is 2.06 bits per heavy atom. The number of fused-ring (bicyclic) bond motifs is 1. The van der Waals surface area contributed by atoms with Crippen molar-refractivity contribution in [2.45, 2.75) is 12.6 Å². The van der Waals surface area contributed by atoms with E-state index in [0.717, 1.165) is 17.1 Å². The van der Waals surface area contributed by atoms with Crippen molar-refractivity contribution >= 4 is 21.6 Å². The zero-order valence-corrected chi connectivity index (χ0v) is 9.03. The van der Waals surface area contributed by atoms with Crippen LogP contribution in [-0.2, 0) is 12.6 Å². The summed E-state index contributed by atoms with van der Waals surface area (Å²) in [7, 11) is 0. The van der Waals surface area contributed by atoms with E-state index in [-0.39, 0.29) is 0 Å². The quantitative estimate of drug-likeness (QED) is 0.885. The third-order valence-corrected chi connectivity index (χ3v) is 3.20. The molecule has 0 saturated heterocycles. The van der Waals surface area contributed by atoms with E-state index in [4.69, 9.17) is 5.73 Å². The lowest BCUT2D eigenvalue weighted by Crippen LogP contribution is -2.03. The van der Waals surface area contributed by atoms with Gasteiger partial charge in [0.15, 0.2) is 0 Å². The lowest BCUT2D eigenvalue weighted by atomic mass is 10.2. The molecule has 0 amide bonds. The van der Waals surface area contributed by atoms with Crippen LogP contribution < -0.4 is 5.73 Å². The maximum absolute atomic E-state index is 12.4. The van der Waals surface area contributed by atoms with Crippen LogP contribution in [0, 0.1) is 0 Å². The van der Waals surface area contributed by atoms with Crippen molar-refractivity contribution in [3.8, 4) is 0 Å². The smallest absolute Gasteiger partial charge is 0.330 e. The van der Waals surface area contributed by atoms with Crippen molar-refractivity contribution < 1.29 is 13.2 Å². The SMILES string of the molecule is NCCc1nc2ccc(C(F)(F)F)cc2s1. The molecular formula is C10H9F3N2S. The van der Waals surface area contributed by atoms with Crippen molar-refractivity contribution in [2.75, 3.05) is 6.54 Å². The summed E-state index contributed by atoms with van der Waals surface area (Å²) in [6.45, 7) is 0.450. The van der Waals surface area contributed by atoms with Gasteiger partial charge in [0.05, 0.1) is 20.8 Å². The second kappa shape index (κ2) is 4.03. The largest absolute Gasteiger partial charge is 0.416 e. The number of aromatic nitrogens is 1. The van der Waals surface area contributed by atoms with E-state index >= 15 is 0 Å². The van der Waals surface area contributed by atoms with Gasteiger partial charge in [-0.2, -0.15) is 13.2 Å². The molecule has 2 nitrogen and oxygen atoms in total. The fourth-order valence-corrected chi connectivity index (χ4v) is 2.40. The molecule has 0 aliphatic heterocycles. The van der Waals surface area contributed by atoms with E-state index in [1.807, 2.05) is 0 Å². The normalized spacial score (nSPS) is 12.2. The number of nitrogens with zero attached hydrogens (tertiary/aromatic N) is 1. The first-order valence-electron chi connectivity index (χ1n) is 4.67. The van der Waals surface area contributed by atoms with Gasteiger partial charge in [0.2, 0.25) is 0 Å². The first-order chi connectivity index (χ1) is 7.50. The summed E-state index contributed by atoms with van der Waals surface area (Å²) >= 11 is 1.26. The summed E-state index contributed by atoms with van der Waals surface area (Å²) in [5, 5.41) is 0.775. The van der Waals surface area contributed by atoms with Gasteiger partial charge in [-0.1, -0.05) is 0 Å². The van der Waals surface area contributed by atoms with Gasteiger partial charge in [0.25, 0.3) is 0 Å². The standard InChI is InChI=1S/C10H9F3N2S/c11-10(12,13)6-1-2-7-8(5-6)16-9(15-7)3-4-14/h1-2,5H,3-4,14H2. The Bertz CT molecular complexity index is 504. The molecule has 0 aliphatic carbocycles. The fraction of sp³-hybridized carbons (Fsp3) is 0.300. The predicted molar refractivity (Wildman–Crippen MR) is 57.4 cm³/mol. The summed E-state index contributed by atoms with van der Waals surface area (Å²) in [6.07, 6.45) is -3.70. The summed E-state index contributed by atoms with van der Waals surface area (Å²) in [6, 6.07) is 3.58. The van der Waals surface area contributed by atoms with E-state index in [1.165, 1.54) is 17.4 Å². The molecular weight excluding hydrogens is 237 g/mol. The second-order valence-electron chi connectivity index (χ2n) is 3.33. The Morgan fingerprint density at radius 3 is 2.69 bits per heavy atom. The maximum atomic E-state index is 12.4. The first kappa shape index (κ1) is 11.3. The van der Waals surface area contributed by atoms with E-state index < -0.39 is 11.7 Å². The zero-order chi connectivity index (χ0) is 11.8. The minimum Gasteiger partial charge on any atom is -0.330 e. The summed E-state index contributed by atoms with van der Waals surface area (Å²) in [5.74, 6) is 0. The topological polar surface area (TPSA) is 38.9 Å². The number of hydrogen-bond acceptors (Lipinski definition) is 3. The van der Waals surface area contributed by atoms with Crippen molar-refractivity contribution in [2.24, 2.45) is 5.73 Å². The Hall–Kier alpha value is -1.14. The van der Waals surface area contributed by atoms with Gasteiger partial charge >= 0.3 is 6.18 Å². The Labute approximate surface area is 93.9 Å². The molecule has 16 heavy (non-hydrogen) atoms. The molecule has 0 fully saturated rings. The number of hydrogen-bond donors (Lipinski definition) is 1. The molecule has 0 bridgehead atoms. The molecule has 1 aromatic heterocycles. The average molecular weight is 246 g/mol. The molecule has 0 aliphatic rings. The highest BCUT2D eigenvalue weighted by Gasteiger charge is 2.30. The molecule has 1 aromatic carbocycles. The number of halogens is 3. The highest BCUT2D eigenvalue weighted by Crippen LogP contribution is 2.33. The van der Waals surface area contributed by atoms with Crippen LogP contribution in [0.4, 0.5) is 13.2 Å². The van der Waals surface area contributed by atoms with Crippen LogP contribution in [0.1, 0.15) is 10.6 Å². The van der Waals surface area contributed by atoms with Crippen molar-refractivity contribution in [1.82, 2.24) is 4.98 Å². The number of thiazole rings is 1. The maximum Gasteiger partial charge on any atom is 0.416 e. The van der Waals surface area contributed by atoms with Crippen LogP contribution in [0.2, 0.25) is 0 Å². The van der Waals surface area contributed by atoms with Gasteiger partial charge in [-0.05, 0) is 24.7 Å². The van der Waals surface area contributed by atoms with Gasteiger partial charge < -0.3 is 5.73 Å². The third-order valence-electron chi connectivity index (χ3n) is 2.12. The lowest BCUT2D eigenvalue weighted by molar-refractivity contribution is -0.137. The van der Waals surface area contributed by atoms with Gasteiger partial charge in [-0.15, -0.1) is 11.3 Å². The van der Waals surface area contributed by atoms with Gasteiger partial charge in [0.1, 0.15) is 0 Å². The van der Waals surface area contributed by atoms with Crippen LogP contribution in [0.3, 0.4) is 0 Å². The van der Waals surface area contributed by atoms with Crippen molar-refractivity contribution in [1.29, 1.82) is 0 Å². The average Bonchev–Trinajstić information content (AvgIpc) is 2.57. The van der Waals surface area contributed by atoms with E-state index in [2.05, 4.69) is 4.98 Å². The van der Waals surface area contributed by atoms with E-state index in [0.29, 0.717) is 23.2 Å². The molecule has 6 heteroatoms. The molecule has 0 saturated carbocycles. The third kappa shape index (κ3) is 2.17. The monoisotopic (exact) mass is 246 g/mol. The van der Waals surface area contributed by atoms with E-state index in [1.54, 1.807) is 0 Å². The Morgan fingerprint density at radius 1 is 1.31 bits per heavy atom. The molecule has 0 unspecified atom stereocenters. The highest BCUT2D eigenvalue weighted by atomic mass is 32.1. The molecule has 2 aromatic rings. The fourth-order valence-electron chi connectivity index (χ4n) is 1.38. The molecule has 2 N–H and O–H groups in total. The second-order valence-corrected chi connectivity index (χ2v) is 4.44. The summed E-state index contributed by atoms with van der Waals surface area (Å²) < 4.78 is 37.9. The van der Waals surface area contributed by atoms with Gasteiger partial charge in [-0.25, -0.2) is 4.98 Å². The highest BCUT2D eigenvalue weighted by molar-refractivity contribution is 7.18. The number of rotatable bonds is 2. The molecule has 0 radical (unpaired) electrons. The molecule has 2 rings (SSSR count). The van der Waals surface area contributed by atoms with Crippen molar-refractivity contribution in [3.63, 3.8) is 0 Å². The van der Waals surface area contributed by atoms with Crippen LogP contribution in [-0.4, -0.2) is 11.5 Å². The van der Waals surface area contributed by atoms with Crippen molar-refractivity contribution in [3.05, 3.63) is 28.8 Å². The lowest BCUT2D eigenvalue weighted by Gasteiger charge is -2.04. The molecule has 86 valence electrons. The molecule has 0 atom stereocenters. The van der Waals surface area contributed by atoms with Gasteiger partial charge in [-0.3, -0.25) is 0 Å². The minimum atomic E-state index is -4.30. The Kier molecular flexibility index (Phi) is 2.86. The first-order valence-corrected chi connectivity index (χ1v) is 5.49. The number of nitrogens with two attached hydrogens (primary N) is 1. The van der Waals surface area contributed by atoms with Crippen LogP contribution >= 0.6 is 11.3 Å². The summed E-state index contributed by atoms with van der Waals surface area (Å²) in [5.41, 5.74) is 5.33. The van der Waals surface area contributed by atoms with Crippen LogP contribution in [0.25, 0.3) is 10.2 Å². The van der Waals surface area contributed by atoms with Crippen LogP contribution in [0.5, 0.6) is 0 Å². The predicted octanol–water partition coefficient (Wildman–Crippen LogP) is 2.82. The molecule has 1 heterocycles. The summed E-state index contributed by atoms with van der Waals surface area (Å²) in [4.78, 5) is 4.20. The molecule has 0 spiro atoms. The number of benzene rings is 1.